The van der Waals surface area contributed by atoms with Gasteiger partial charge in [0.25, 0.3) is 0 Å². The largest absolute Gasteiger partial charge is 0.465 e. The number of aryl methyl sites for hydroxylation is 1. The average molecular weight is 327 g/mol. The Hall–Kier alpha value is -3.11. The lowest BCUT2D eigenvalue weighted by molar-refractivity contribution is -0.128. The van der Waals surface area contributed by atoms with Crippen LogP contribution in [0.1, 0.15) is 17.1 Å². The van der Waals surface area contributed by atoms with Gasteiger partial charge in [-0.05, 0) is 43.3 Å². The molecular weight excluding hydrogens is 310 g/mol. The van der Waals surface area contributed by atoms with Gasteiger partial charge in [-0.25, -0.2) is 0 Å². The first kappa shape index (κ1) is 17.2. The third kappa shape index (κ3) is 5.59. The number of ether oxygens (including phenoxy) is 1. The summed E-state index contributed by atoms with van der Waals surface area (Å²) in [4.78, 5) is 23.3. The van der Waals surface area contributed by atoms with Crippen molar-refractivity contribution >= 4 is 17.5 Å². The molecule has 0 spiro atoms. The summed E-state index contributed by atoms with van der Waals surface area (Å²) in [5.74, 6) is 0.707. The minimum absolute atomic E-state index is 0.222. The minimum Gasteiger partial charge on any atom is -0.465 e. The molecule has 2 aromatic rings. The number of nitrogens with zero attached hydrogens (tertiary/aromatic N) is 1. The number of benzene rings is 1. The van der Waals surface area contributed by atoms with Gasteiger partial charge in [-0.15, -0.1) is 0 Å². The van der Waals surface area contributed by atoms with Gasteiger partial charge in [-0.2, -0.15) is 5.26 Å². The lowest BCUT2D eigenvalue weighted by atomic mass is 10.2. The van der Waals surface area contributed by atoms with Gasteiger partial charge in [0.1, 0.15) is 24.7 Å². The number of nitrogens with one attached hydrogen (secondary N) is 2. The summed E-state index contributed by atoms with van der Waals surface area (Å²) in [6.07, 6.45) is 0. The molecule has 0 fully saturated rings. The Morgan fingerprint density at radius 1 is 1.12 bits per heavy atom. The molecule has 7 heteroatoms. The van der Waals surface area contributed by atoms with Gasteiger partial charge in [0, 0.05) is 5.69 Å². The van der Waals surface area contributed by atoms with Crippen molar-refractivity contribution in [3.8, 4) is 6.07 Å². The number of rotatable bonds is 7. The second-order valence-corrected chi connectivity index (χ2v) is 5.02. The van der Waals surface area contributed by atoms with Crippen LogP contribution in [0.5, 0.6) is 0 Å². The van der Waals surface area contributed by atoms with Crippen molar-refractivity contribution in [1.29, 1.82) is 5.26 Å². The Labute approximate surface area is 139 Å². The number of furan rings is 1. The minimum atomic E-state index is -0.380. The number of carbonyl (C=O) groups is 2. The maximum Gasteiger partial charge on any atom is 0.250 e. The highest BCUT2D eigenvalue weighted by molar-refractivity contribution is 5.91. The van der Waals surface area contributed by atoms with Gasteiger partial charge >= 0.3 is 0 Å². The summed E-state index contributed by atoms with van der Waals surface area (Å²) in [6.45, 7) is 1.63. The molecule has 124 valence electrons. The van der Waals surface area contributed by atoms with E-state index in [-0.39, 0.29) is 31.6 Å². The predicted octanol–water partition coefficient (Wildman–Crippen LogP) is 1.73. The molecule has 0 atom stereocenters. The van der Waals surface area contributed by atoms with Crippen molar-refractivity contribution in [2.24, 2.45) is 0 Å². The fourth-order valence-electron chi connectivity index (χ4n) is 1.88. The number of hydrogen-bond donors (Lipinski definition) is 2. The van der Waals surface area contributed by atoms with Gasteiger partial charge in [0.2, 0.25) is 11.8 Å². The fraction of sp³-hybridized carbons (Fsp3) is 0.235. The Bertz CT molecular complexity index is 744. The lowest BCUT2D eigenvalue weighted by Crippen LogP contribution is -2.29. The first-order chi connectivity index (χ1) is 11.6. The van der Waals surface area contributed by atoms with Gasteiger partial charge in [-0.3, -0.25) is 9.59 Å². The maximum atomic E-state index is 11.7. The molecule has 0 saturated heterocycles. The molecule has 1 aromatic carbocycles. The highest BCUT2D eigenvalue weighted by Crippen LogP contribution is 2.08. The van der Waals surface area contributed by atoms with Crippen LogP contribution in [0.15, 0.2) is 40.8 Å². The Morgan fingerprint density at radius 3 is 2.46 bits per heavy atom. The van der Waals surface area contributed by atoms with E-state index in [9.17, 15) is 9.59 Å². The summed E-state index contributed by atoms with van der Waals surface area (Å²) in [5, 5.41) is 13.9. The number of amides is 2. The molecule has 1 aromatic heterocycles. The van der Waals surface area contributed by atoms with Crippen molar-refractivity contribution in [1.82, 2.24) is 5.32 Å². The number of carbonyl (C=O) groups excluding carboxylic acids is 2. The van der Waals surface area contributed by atoms with E-state index in [1.165, 1.54) is 0 Å². The Balaban J connectivity index is 1.64. The zero-order valence-electron chi connectivity index (χ0n) is 13.2. The van der Waals surface area contributed by atoms with E-state index in [0.29, 0.717) is 17.0 Å². The summed E-state index contributed by atoms with van der Waals surface area (Å²) in [7, 11) is 0. The highest BCUT2D eigenvalue weighted by atomic mass is 16.5. The van der Waals surface area contributed by atoms with Crippen LogP contribution < -0.4 is 10.6 Å². The predicted molar refractivity (Wildman–Crippen MR) is 85.9 cm³/mol. The fourth-order valence-corrected chi connectivity index (χ4v) is 1.88. The normalized spacial score (nSPS) is 10.0. The van der Waals surface area contributed by atoms with Gasteiger partial charge in [-0.1, -0.05) is 0 Å². The highest BCUT2D eigenvalue weighted by Gasteiger charge is 2.07. The topological polar surface area (TPSA) is 104 Å². The van der Waals surface area contributed by atoms with Crippen LogP contribution in [0.4, 0.5) is 5.69 Å². The standard InChI is InChI=1S/C17H17N3O4/c1-12-2-7-15(24-12)9-19-16(21)10-23-11-17(22)20-14-5-3-13(8-18)4-6-14/h2-7H,9-11H2,1H3,(H,19,21)(H,20,22). The average Bonchev–Trinajstić information content (AvgIpc) is 2.99. The van der Waals surface area contributed by atoms with Crippen LogP contribution in [0.2, 0.25) is 0 Å². The third-order valence-electron chi connectivity index (χ3n) is 3.02. The molecule has 24 heavy (non-hydrogen) atoms. The van der Waals surface area contributed by atoms with Crippen LogP contribution in [-0.4, -0.2) is 25.0 Å². The maximum absolute atomic E-state index is 11.7. The summed E-state index contributed by atoms with van der Waals surface area (Å²) in [5.41, 5.74) is 1.06. The number of anilines is 1. The van der Waals surface area contributed by atoms with Crippen molar-refractivity contribution < 1.29 is 18.7 Å². The zero-order valence-corrected chi connectivity index (χ0v) is 13.2. The Morgan fingerprint density at radius 2 is 1.83 bits per heavy atom. The molecule has 0 saturated carbocycles. The smallest absolute Gasteiger partial charge is 0.250 e. The summed E-state index contributed by atoms with van der Waals surface area (Å²) >= 11 is 0. The molecule has 7 nitrogen and oxygen atoms in total. The molecule has 0 unspecified atom stereocenters. The van der Waals surface area contributed by atoms with Crippen molar-refractivity contribution in [2.45, 2.75) is 13.5 Å². The first-order valence-electron chi connectivity index (χ1n) is 7.26. The van der Waals surface area contributed by atoms with Crippen molar-refractivity contribution in [2.75, 3.05) is 18.5 Å². The Kier molecular flexibility index (Phi) is 6.11. The molecular formula is C17H17N3O4. The number of hydrogen-bond acceptors (Lipinski definition) is 5. The molecule has 0 aliphatic carbocycles. The van der Waals surface area contributed by atoms with Crippen LogP contribution in [-0.2, 0) is 20.9 Å². The van der Waals surface area contributed by atoms with E-state index in [0.717, 1.165) is 5.76 Å². The van der Waals surface area contributed by atoms with E-state index >= 15 is 0 Å². The van der Waals surface area contributed by atoms with E-state index in [4.69, 9.17) is 14.4 Å². The summed E-state index contributed by atoms with van der Waals surface area (Å²) < 4.78 is 10.4. The molecule has 2 N–H and O–H groups in total. The van der Waals surface area contributed by atoms with Crippen LogP contribution >= 0.6 is 0 Å². The van der Waals surface area contributed by atoms with Crippen LogP contribution in [0.3, 0.4) is 0 Å². The van der Waals surface area contributed by atoms with Crippen molar-refractivity contribution in [3.05, 3.63) is 53.5 Å². The molecule has 0 aliphatic rings. The molecule has 0 bridgehead atoms. The molecule has 1 heterocycles. The van der Waals surface area contributed by atoms with Crippen molar-refractivity contribution in [3.63, 3.8) is 0 Å². The second-order valence-electron chi connectivity index (χ2n) is 5.02. The molecule has 2 rings (SSSR count). The number of nitriles is 1. The monoisotopic (exact) mass is 327 g/mol. The van der Waals surface area contributed by atoms with Crippen LogP contribution in [0, 0.1) is 18.3 Å². The zero-order chi connectivity index (χ0) is 17.4. The van der Waals surface area contributed by atoms with Crippen LogP contribution in [0.25, 0.3) is 0 Å². The third-order valence-corrected chi connectivity index (χ3v) is 3.02. The summed E-state index contributed by atoms with van der Waals surface area (Å²) in [6, 6.07) is 12.0. The van der Waals surface area contributed by atoms with E-state index in [1.807, 2.05) is 19.1 Å². The van der Waals surface area contributed by atoms with Gasteiger partial charge < -0.3 is 19.8 Å². The van der Waals surface area contributed by atoms with E-state index < -0.39 is 0 Å². The van der Waals surface area contributed by atoms with Gasteiger partial charge in [0.15, 0.2) is 0 Å². The first-order valence-corrected chi connectivity index (χ1v) is 7.26. The second kappa shape index (κ2) is 8.50. The van der Waals surface area contributed by atoms with Gasteiger partial charge in [0.05, 0.1) is 18.2 Å². The quantitative estimate of drug-likeness (QED) is 0.806. The molecule has 0 aliphatic heterocycles. The SMILES string of the molecule is Cc1ccc(CNC(=O)COCC(=O)Nc2ccc(C#N)cc2)o1. The van der Waals surface area contributed by atoms with E-state index in [2.05, 4.69) is 10.6 Å². The molecule has 2 amide bonds. The van der Waals surface area contributed by atoms with E-state index in [1.54, 1.807) is 30.3 Å². The molecule has 0 radical (unpaired) electrons. The lowest BCUT2D eigenvalue weighted by Gasteiger charge is -2.07.